The summed E-state index contributed by atoms with van der Waals surface area (Å²) in [4.78, 5) is 9.17. The van der Waals surface area contributed by atoms with E-state index >= 15 is 0 Å². The van der Waals surface area contributed by atoms with Gasteiger partial charge in [0.15, 0.2) is 0 Å². The Hall–Kier alpha value is -3.31. The topological polar surface area (TPSA) is 42.7 Å². The van der Waals surface area contributed by atoms with Gasteiger partial charge in [-0.1, -0.05) is 30.3 Å². The molecule has 0 aliphatic carbocycles. The van der Waals surface area contributed by atoms with Crippen LogP contribution in [0, 0.1) is 5.82 Å². The first-order valence-corrected chi connectivity index (χ1v) is 10.7. The molecule has 156 valence electrons. The summed E-state index contributed by atoms with van der Waals surface area (Å²) >= 11 is 0. The van der Waals surface area contributed by atoms with Crippen molar-refractivity contribution in [1.82, 2.24) is 19.9 Å². The number of nitrogens with zero attached hydrogens (tertiary/aromatic N) is 3. The van der Waals surface area contributed by atoms with Crippen LogP contribution in [-0.2, 0) is 11.8 Å². The molecule has 5 rings (SSSR count). The van der Waals surface area contributed by atoms with Crippen molar-refractivity contribution in [3.8, 4) is 16.9 Å². The predicted octanol–water partition coefficient (Wildman–Crippen LogP) is 4.94. The van der Waals surface area contributed by atoms with E-state index in [0.29, 0.717) is 0 Å². The molecule has 0 spiro atoms. The summed E-state index contributed by atoms with van der Waals surface area (Å²) in [7, 11) is 0. The number of hydrogen-bond donors (Lipinski definition) is 1. The van der Waals surface area contributed by atoms with E-state index in [1.807, 2.05) is 30.5 Å². The highest BCUT2D eigenvalue weighted by Gasteiger charge is 2.39. The number of pyridine rings is 1. The molecule has 0 radical (unpaired) electrons. The maximum absolute atomic E-state index is 13.7. The number of halogens is 1. The van der Waals surface area contributed by atoms with Gasteiger partial charge >= 0.3 is 0 Å². The Balaban J connectivity index is 1.69. The molecule has 1 fully saturated rings. The number of hydrogen-bond acceptors (Lipinski definition) is 3. The fourth-order valence-corrected chi connectivity index (χ4v) is 4.68. The van der Waals surface area contributed by atoms with Crippen molar-refractivity contribution in [2.24, 2.45) is 0 Å². The minimum atomic E-state index is -0.239. The third-order valence-corrected chi connectivity index (χ3v) is 6.24. The summed E-state index contributed by atoms with van der Waals surface area (Å²) in [6, 6.07) is 21.3. The quantitative estimate of drug-likeness (QED) is 0.505. The van der Waals surface area contributed by atoms with E-state index in [4.69, 9.17) is 4.98 Å². The van der Waals surface area contributed by atoms with E-state index < -0.39 is 0 Å². The van der Waals surface area contributed by atoms with Crippen LogP contribution in [0.1, 0.15) is 24.2 Å². The Kier molecular flexibility index (Phi) is 5.35. The van der Waals surface area contributed by atoms with Gasteiger partial charge < -0.3 is 5.32 Å². The minimum Gasteiger partial charge on any atom is -0.317 e. The molecule has 4 nitrogen and oxygen atoms in total. The molecule has 0 bridgehead atoms. The highest BCUT2D eigenvalue weighted by Crippen LogP contribution is 2.39. The number of rotatable bonds is 5. The molecule has 5 heteroatoms. The highest BCUT2D eigenvalue weighted by molar-refractivity contribution is 5.62. The lowest BCUT2D eigenvalue weighted by molar-refractivity contribution is 0.287. The Morgan fingerprint density at radius 1 is 0.903 bits per heavy atom. The second-order valence-corrected chi connectivity index (χ2v) is 8.21. The zero-order valence-electron chi connectivity index (χ0n) is 17.3. The lowest BCUT2D eigenvalue weighted by atomic mass is 9.73. The van der Waals surface area contributed by atoms with E-state index in [1.165, 1.54) is 17.7 Å². The fraction of sp³-hybridized carbons (Fsp3) is 0.231. The van der Waals surface area contributed by atoms with Crippen molar-refractivity contribution in [3.63, 3.8) is 0 Å². The second-order valence-electron chi connectivity index (χ2n) is 8.21. The van der Waals surface area contributed by atoms with Crippen molar-refractivity contribution in [3.05, 3.63) is 103 Å². The van der Waals surface area contributed by atoms with Crippen LogP contribution in [0.5, 0.6) is 0 Å². The summed E-state index contributed by atoms with van der Waals surface area (Å²) in [6.07, 6.45) is 8.45. The molecule has 0 unspecified atom stereocenters. The van der Waals surface area contributed by atoms with Crippen molar-refractivity contribution in [2.75, 3.05) is 13.1 Å². The maximum atomic E-state index is 13.7. The molecule has 2 aromatic carbocycles. The van der Waals surface area contributed by atoms with Gasteiger partial charge in [-0.15, -0.1) is 0 Å². The molecule has 31 heavy (non-hydrogen) atoms. The molecular formula is C26H25FN4. The van der Waals surface area contributed by atoms with E-state index in [0.717, 1.165) is 55.1 Å². The molecule has 1 aliphatic heterocycles. The van der Waals surface area contributed by atoms with Crippen molar-refractivity contribution in [2.45, 2.75) is 24.7 Å². The highest BCUT2D eigenvalue weighted by atomic mass is 19.1. The Bertz CT molecular complexity index is 1130. The summed E-state index contributed by atoms with van der Waals surface area (Å²) < 4.78 is 15.9. The molecule has 0 amide bonds. The molecule has 3 heterocycles. The van der Waals surface area contributed by atoms with Crippen LogP contribution in [0.3, 0.4) is 0 Å². The Morgan fingerprint density at radius 3 is 2.32 bits per heavy atom. The van der Waals surface area contributed by atoms with Gasteiger partial charge in [0.05, 0.1) is 11.9 Å². The van der Waals surface area contributed by atoms with Gasteiger partial charge in [-0.3, -0.25) is 9.55 Å². The molecule has 2 aromatic heterocycles. The number of nitrogens with one attached hydrogen (secondary N) is 1. The zero-order chi connectivity index (χ0) is 21.1. The van der Waals surface area contributed by atoms with E-state index in [1.54, 1.807) is 12.4 Å². The molecular weight excluding hydrogens is 387 g/mol. The van der Waals surface area contributed by atoms with Gasteiger partial charge in [0, 0.05) is 29.1 Å². The number of benzene rings is 2. The predicted molar refractivity (Wildman–Crippen MR) is 121 cm³/mol. The van der Waals surface area contributed by atoms with Crippen LogP contribution in [0.2, 0.25) is 0 Å². The first kappa shape index (κ1) is 19.6. The molecule has 1 saturated heterocycles. The van der Waals surface area contributed by atoms with E-state index in [9.17, 15) is 4.39 Å². The smallest absolute Gasteiger partial charge is 0.123 e. The molecule has 1 N–H and O–H groups in total. The first-order valence-electron chi connectivity index (χ1n) is 10.7. The lowest BCUT2D eigenvalue weighted by Gasteiger charge is -2.38. The van der Waals surface area contributed by atoms with Crippen LogP contribution in [0.25, 0.3) is 16.9 Å². The van der Waals surface area contributed by atoms with E-state index in [2.05, 4.69) is 45.2 Å². The summed E-state index contributed by atoms with van der Waals surface area (Å²) in [5.74, 6) is 0.799. The van der Waals surface area contributed by atoms with Gasteiger partial charge in [-0.25, -0.2) is 9.37 Å². The van der Waals surface area contributed by atoms with Gasteiger partial charge in [-0.2, -0.15) is 0 Å². The molecule has 4 aromatic rings. The molecule has 0 saturated carbocycles. The number of imidazole rings is 1. The van der Waals surface area contributed by atoms with Gasteiger partial charge in [0.25, 0.3) is 0 Å². The van der Waals surface area contributed by atoms with Gasteiger partial charge in [0.1, 0.15) is 11.6 Å². The zero-order valence-corrected chi connectivity index (χ0v) is 17.3. The fourth-order valence-electron chi connectivity index (χ4n) is 4.68. The largest absolute Gasteiger partial charge is 0.317 e. The second kappa shape index (κ2) is 8.44. The first-order chi connectivity index (χ1) is 15.3. The summed E-state index contributed by atoms with van der Waals surface area (Å²) in [5, 5.41) is 3.51. The summed E-state index contributed by atoms with van der Waals surface area (Å²) in [6.45, 7) is 1.90. The number of piperidine rings is 1. The third-order valence-electron chi connectivity index (χ3n) is 6.24. The van der Waals surface area contributed by atoms with Crippen LogP contribution >= 0.6 is 0 Å². The SMILES string of the molecule is Fc1ccc(-n2c(-c3ccncc3)cnc2C2(Cc3ccccc3)CCNCC2)cc1. The average molecular weight is 413 g/mol. The molecule has 1 aliphatic rings. The summed E-state index contributed by atoms with van der Waals surface area (Å²) in [5.41, 5.74) is 4.17. The normalized spacial score (nSPS) is 15.6. The Labute approximate surface area is 181 Å². The van der Waals surface area contributed by atoms with Crippen LogP contribution in [0.4, 0.5) is 4.39 Å². The monoisotopic (exact) mass is 412 g/mol. The lowest BCUT2D eigenvalue weighted by Crippen LogP contribution is -2.43. The van der Waals surface area contributed by atoms with Crippen LogP contribution < -0.4 is 5.32 Å². The van der Waals surface area contributed by atoms with Crippen molar-refractivity contribution in [1.29, 1.82) is 0 Å². The third kappa shape index (κ3) is 3.89. The van der Waals surface area contributed by atoms with Crippen LogP contribution in [0.15, 0.2) is 85.3 Å². The van der Waals surface area contributed by atoms with Crippen molar-refractivity contribution >= 4 is 0 Å². The maximum Gasteiger partial charge on any atom is 0.123 e. The molecule has 0 atom stereocenters. The minimum absolute atomic E-state index is 0.105. The van der Waals surface area contributed by atoms with Gasteiger partial charge in [-0.05, 0) is 74.3 Å². The van der Waals surface area contributed by atoms with Crippen LogP contribution in [-0.4, -0.2) is 27.6 Å². The van der Waals surface area contributed by atoms with E-state index in [-0.39, 0.29) is 11.2 Å². The van der Waals surface area contributed by atoms with Crippen molar-refractivity contribution < 1.29 is 4.39 Å². The Morgan fingerprint density at radius 2 is 1.61 bits per heavy atom. The number of aromatic nitrogens is 3. The van der Waals surface area contributed by atoms with Gasteiger partial charge in [0.2, 0.25) is 0 Å². The average Bonchev–Trinajstić information content (AvgIpc) is 3.27. The standard InChI is InChI=1S/C26H25FN4/c27-22-6-8-23(9-7-22)31-24(21-10-14-28-15-11-21)19-30-25(31)26(12-16-29-17-13-26)18-20-4-2-1-3-5-20/h1-11,14-15,19,29H,12-13,16-18H2.